The zero-order valence-electron chi connectivity index (χ0n) is 9.29. The van der Waals surface area contributed by atoms with Crippen LogP contribution in [0.2, 0.25) is 0 Å². The molecule has 0 saturated carbocycles. The first-order chi connectivity index (χ1) is 8.63. The number of halogens is 3. The van der Waals surface area contributed by atoms with E-state index >= 15 is 0 Å². The standard InChI is InChI=1S/C12H11BrF2N2S/c13-8-4-5-18-12(8)11(17-16)6-7-9(14)2-1-3-10(7)15/h1-5,11,17H,6,16H2. The molecule has 1 aromatic heterocycles. The lowest BCUT2D eigenvalue weighted by molar-refractivity contribution is 0.503. The molecule has 0 spiro atoms. The SMILES string of the molecule is NNC(Cc1c(F)cccc1F)c1sccc1Br. The van der Waals surface area contributed by atoms with Crippen LogP contribution in [0.3, 0.4) is 0 Å². The van der Waals surface area contributed by atoms with Crippen LogP contribution < -0.4 is 11.3 Å². The Kier molecular flexibility index (Phi) is 4.45. The zero-order valence-corrected chi connectivity index (χ0v) is 11.7. The predicted octanol–water partition coefficient (Wildman–Crippen LogP) is 3.54. The van der Waals surface area contributed by atoms with Crippen molar-refractivity contribution in [3.63, 3.8) is 0 Å². The normalized spacial score (nSPS) is 12.7. The second kappa shape index (κ2) is 5.88. The van der Waals surface area contributed by atoms with Crippen LogP contribution in [-0.2, 0) is 6.42 Å². The number of nitrogens with two attached hydrogens (primary N) is 1. The Morgan fingerprint density at radius 2 is 1.94 bits per heavy atom. The average Bonchev–Trinajstić information content (AvgIpc) is 2.76. The highest BCUT2D eigenvalue weighted by Gasteiger charge is 2.19. The van der Waals surface area contributed by atoms with Gasteiger partial charge in [0, 0.05) is 14.9 Å². The van der Waals surface area contributed by atoms with Crippen molar-refractivity contribution in [3.05, 3.63) is 56.2 Å². The fourth-order valence-electron chi connectivity index (χ4n) is 1.71. The van der Waals surface area contributed by atoms with Crippen molar-refractivity contribution in [2.24, 2.45) is 5.84 Å². The van der Waals surface area contributed by atoms with Crippen LogP contribution in [-0.4, -0.2) is 0 Å². The predicted molar refractivity (Wildman–Crippen MR) is 72.1 cm³/mol. The maximum Gasteiger partial charge on any atom is 0.129 e. The molecule has 1 atom stereocenters. The van der Waals surface area contributed by atoms with Gasteiger partial charge in [-0.25, -0.2) is 8.78 Å². The van der Waals surface area contributed by atoms with E-state index in [9.17, 15) is 8.78 Å². The minimum Gasteiger partial charge on any atom is -0.271 e. The fraction of sp³-hybridized carbons (Fsp3) is 0.167. The maximum absolute atomic E-state index is 13.6. The Morgan fingerprint density at radius 3 is 2.44 bits per heavy atom. The molecule has 0 amide bonds. The minimum atomic E-state index is -0.553. The van der Waals surface area contributed by atoms with E-state index in [0.717, 1.165) is 9.35 Å². The summed E-state index contributed by atoms with van der Waals surface area (Å²) in [4.78, 5) is 0.917. The van der Waals surface area contributed by atoms with Crippen LogP contribution in [0, 0.1) is 11.6 Å². The van der Waals surface area contributed by atoms with E-state index in [0.29, 0.717) is 0 Å². The number of rotatable bonds is 4. The number of nitrogens with one attached hydrogen (secondary N) is 1. The molecule has 1 aromatic carbocycles. The van der Waals surface area contributed by atoms with Crippen LogP contribution in [0.25, 0.3) is 0 Å². The smallest absolute Gasteiger partial charge is 0.129 e. The molecule has 0 aliphatic rings. The molecule has 96 valence electrons. The summed E-state index contributed by atoms with van der Waals surface area (Å²) in [5.74, 6) is 4.37. The van der Waals surface area contributed by atoms with Crippen LogP contribution >= 0.6 is 27.3 Å². The van der Waals surface area contributed by atoms with Gasteiger partial charge in [0.1, 0.15) is 11.6 Å². The van der Waals surface area contributed by atoms with Crippen LogP contribution in [0.4, 0.5) is 8.78 Å². The van der Waals surface area contributed by atoms with Crippen molar-refractivity contribution in [2.75, 3.05) is 0 Å². The largest absolute Gasteiger partial charge is 0.271 e. The second-order valence-electron chi connectivity index (χ2n) is 3.76. The van der Waals surface area contributed by atoms with Crippen molar-refractivity contribution < 1.29 is 8.78 Å². The monoisotopic (exact) mass is 332 g/mol. The molecular formula is C12H11BrF2N2S. The Morgan fingerprint density at radius 1 is 1.28 bits per heavy atom. The molecule has 1 unspecified atom stereocenters. The van der Waals surface area contributed by atoms with Crippen molar-refractivity contribution in [1.82, 2.24) is 5.43 Å². The first-order valence-corrected chi connectivity index (χ1v) is 6.92. The lowest BCUT2D eigenvalue weighted by Crippen LogP contribution is -2.29. The molecular weight excluding hydrogens is 322 g/mol. The van der Waals surface area contributed by atoms with E-state index in [2.05, 4.69) is 21.4 Å². The molecule has 2 nitrogen and oxygen atoms in total. The van der Waals surface area contributed by atoms with Gasteiger partial charge in [-0.05, 0) is 45.9 Å². The molecule has 0 aliphatic carbocycles. The zero-order chi connectivity index (χ0) is 13.1. The van der Waals surface area contributed by atoms with E-state index in [4.69, 9.17) is 5.84 Å². The Hall–Kier alpha value is -0.820. The van der Waals surface area contributed by atoms with Gasteiger partial charge < -0.3 is 0 Å². The summed E-state index contributed by atoms with van der Waals surface area (Å²) in [5.41, 5.74) is 2.64. The van der Waals surface area contributed by atoms with Crippen molar-refractivity contribution in [1.29, 1.82) is 0 Å². The summed E-state index contributed by atoms with van der Waals surface area (Å²) in [6.07, 6.45) is 0.161. The van der Waals surface area contributed by atoms with Gasteiger partial charge >= 0.3 is 0 Å². The third-order valence-corrected chi connectivity index (χ3v) is 4.62. The lowest BCUT2D eigenvalue weighted by Gasteiger charge is -2.16. The summed E-state index contributed by atoms with van der Waals surface area (Å²) in [5, 5.41) is 1.89. The van der Waals surface area contributed by atoms with E-state index in [1.807, 2.05) is 11.4 Å². The lowest BCUT2D eigenvalue weighted by atomic mass is 10.0. The average molecular weight is 333 g/mol. The number of hydrogen-bond acceptors (Lipinski definition) is 3. The van der Waals surface area contributed by atoms with Gasteiger partial charge in [0.15, 0.2) is 0 Å². The first kappa shape index (κ1) is 13.6. The van der Waals surface area contributed by atoms with Gasteiger partial charge in [0.25, 0.3) is 0 Å². The highest BCUT2D eigenvalue weighted by atomic mass is 79.9. The highest BCUT2D eigenvalue weighted by Crippen LogP contribution is 2.31. The molecule has 0 fully saturated rings. The van der Waals surface area contributed by atoms with Crippen molar-refractivity contribution >= 4 is 27.3 Å². The van der Waals surface area contributed by atoms with Crippen LogP contribution in [0.1, 0.15) is 16.5 Å². The molecule has 0 bridgehead atoms. The van der Waals surface area contributed by atoms with Gasteiger partial charge in [0.2, 0.25) is 0 Å². The third-order valence-electron chi connectivity index (χ3n) is 2.63. The van der Waals surface area contributed by atoms with E-state index in [1.54, 1.807) is 0 Å². The van der Waals surface area contributed by atoms with Gasteiger partial charge in [-0.2, -0.15) is 0 Å². The quantitative estimate of drug-likeness (QED) is 0.663. The van der Waals surface area contributed by atoms with Gasteiger partial charge in [0.05, 0.1) is 6.04 Å². The Bertz CT molecular complexity index is 524. The summed E-state index contributed by atoms with van der Waals surface area (Å²) < 4.78 is 28.0. The van der Waals surface area contributed by atoms with Crippen LogP contribution in [0.15, 0.2) is 34.1 Å². The molecule has 0 radical (unpaired) electrons. The molecule has 3 N–H and O–H groups in total. The Balaban J connectivity index is 2.29. The Labute approximate surface area is 116 Å². The first-order valence-electron chi connectivity index (χ1n) is 5.25. The summed E-state index contributed by atoms with van der Waals surface area (Å²) in [6, 6.07) is 5.39. The third kappa shape index (κ3) is 2.77. The van der Waals surface area contributed by atoms with Crippen molar-refractivity contribution in [3.8, 4) is 0 Å². The maximum atomic E-state index is 13.6. The van der Waals surface area contributed by atoms with E-state index in [-0.39, 0.29) is 18.0 Å². The molecule has 18 heavy (non-hydrogen) atoms. The number of benzene rings is 1. The topological polar surface area (TPSA) is 38.0 Å². The highest BCUT2D eigenvalue weighted by molar-refractivity contribution is 9.10. The molecule has 0 aliphatic heterocycles. The number of thiophene rings is 1. The molecule has 1 heterocycles. The van der Waals surface area contributed by atoms with Gasteiger partial charge in [-0.15, -0.1) is 11.3 Å². The fourth-order valence-corrected chi connectivity index (χ4v) is 3.42. The number of hydrogen-bond donors (Lipinski definition) is 2. The molecule has 2 rings (SSSR count). The molecule has 6 heteroatoms. The summed E-state index contributed by atoms with van der Waals surface area (Å²) in [7, 11) is 0. The summed E-state index contributed by atoms with van der Waals surface area (Å²) in [6.45, 7) is 0. The van der Waals surface area contributed by atoms with Crippen molar-refractivity contribution in [2.45, 2.75) is 12.5 Å². The minimum absolute atomic E-state index is 0.0424. The van der Waals surface area contributed by atoms with Crippen LogP contribution in [0.5, 0.6) is 0 Å². The molecule has 2 aromatic rings. The van der Waals surface area contributed by atoms with E-state index in [1.165, 1.54) is 29.5 Å². The van der Waals surface area contributed by atoms with Gasteiger partial charge in [-0.3, -0.25) is 11.3 Å². The molecule has 0 saturated heterocycles. The van der Waals surface area contributed by atoms with Gasteiger partial charge in [-0.1, -0.05) is 6.07 Å². The number of hydrazine groups is 1. The van der Waals surface area contributed by atoms with E-state index < -0.39 is 11.6 Å². The summed E-state index contributed by atoms with van der Waals surface area (Å²) >= 11 is 4.86. The second-order valence-corrected chi connectivity index (χ2v) is 5.56.